The second-order valence-electron chi connectivity index (χ2n) is 6.21. The monoisotopic (exact) mass is 334 g/mol. The molecule has 3 rings (SSSR count). The van der Waals surface area contributed by atoms with Crippen molar-refractivity contribution < 1.29 is 4.79 Å². The van der Waals surface area contributed by atoms with Gasteiger partial charge in [0.15, 0.2) is 0 Å². The molecule has 0 bridgehead atoms. The van der Waals surface area contributed by atoms with Crippen molar-refractivity contribution in [2.45, 2.75) is 25.9 Å². The van der Waals surface area contributed by atoms with Crippen LogP contribution in [0.1, 0.15) is 16.7 Å². The molecular formula is C20H22N4O. The summed E-state index contributed by atoms with van der Waals surface area (Å²) in [5.74, 6) is 0.324. The first-order chi connectivity index (χ1) is 12.0. The number of aromatic nitrogens is 1. The maximum Gasteiger partial charge on any atom is 0.237 e. The zero-order valence-corrected chi connectivity index (χ0v) is 14.2. The third-order valence-corrected chi connectivity index (χ3v) is 4.30. The Morgan fingerprint density at radius 2 is 1.96 bits per heavy atom. The number of pyridine rings is 1. The van der Waals surface area contributed by atoms with Gasteiger partial charge in [-0.15, -0.1) is 0 Å². The van der Waals surface area contributed by atoms with Gasteiger partial charge in [-0.1, -0.05) is 42.5 Å². The maximum atomic E-state index is 12.3. The molecular weight excluding hydrogens is 312 g/mol. The number of fused-ring (bicyclic) bond motifs is 1. The van der Waals surface area contributed by atoms with Gasteiger partial charge in [-0.2, -0.15) is 0 Å². The van der Waals surface area contributed by atoms with Crippen LogP contribution in [-0.4, -0.2) is 16.9 Å². The first-order valence-electron chi connectivity index (χ1n) is 8.25. The van der Waals surface area contributed by atoms with Crippen LogP contribution in [-0.2, 0) is 17.8 Å². The molecule has 5 heteroatoms. The van der Waals surface area contributed by atoms with Crippen molar-refractivity contribution in [3.63, 3.8) is 0 Å². The number of rotatable bonds is 5. The van der Waals surface area contributed by atoms with Gasteiger partial charge in [0, 0.05) is 12.7 Å². The number of nitrogens with two attached hydrogens (primary N) is 2. The first-order valence-corrected chi connectivity index (χ1v) is 8.25. The van der Waals surface area contributed by atoms with E-state index in [0.717, 1.165) is 27.5 Å². The second-order valence-corrected chi connectivity index (χ2v) is 6.21. The largest absolute Gasteiger partial charge is 0.383 e. The van der Waals surface area contributed by atoms with Gasteiger partial charge in [0.05, 0.1) is 6.04 Å². The minimum atomic E-state index is -0.603. The molecule has 0 spiro atoms. The highest BCUT2D eigenvalue weighted by Gasteiger charge is 2.15. The minimum absolute atomic E-state index is 0.178. The van der Waals surface area contributed by atoms with E-state index in [1.807, 2.05) is 37.3 Å². The molecule has 1 atom stereocenters. The number of benzene rings is 2. The number of nitrogens with zero attached hydrogens (tertiary/aromatic N) is 1. The number of nitrogens with one attached hydrogen (secondary N) is 1. The molecule has 3 aromatic rings. The van der Waals surface area contributed by atoms with E-state index in [1.54, 1.807) is 6.20 Å². The number of carbonyl (C=O) groups is 1. The van der Waals surface area contributed by atoms with E-state index in [-0.39, 0.29) is 5.91 Å². The molecule has 0 unspecified atom stereocenters. The van der Waals surface area contributed by atoms with E-state index in [9.17, 15) is 4.79 Å². The fraction of sp³-hybridized carbons (Fsp3) is 0.200. The number of aryl methyl sites for hydroxylation is 1. The Morgan fingerprint density at radius 3 is 2.76 bits per heavy atom. The topological polar surface area (TPSA) is 94.0 Å². The number of amides is 1. The Balaban J connectivity index is 1.65. The molecule has 2 aromatic carbocycles. The molecule has 1 heterocycles. The smallest absolute Gasteiger partial charge is 0.237 e. The fourth-order valence-corrected chi connectivity index (χ4v) is 2.86. The summed E-state index contributed by atoms with van der Waals surface area (Å²) < 4.78 is 0. The van der Waals surface area contributed by atoms with Gasteiger partial charge >= 0.3 is 0 Å². The molecule has 0 aliphatic carbocycles. The Bertz CT molecular complexity index is 902. The summed E-state index contributed by atoms with van der Waals surface area (Å²) in [5, 5.41) is 5.15. The Labute approximate surface area is 147 Å². The van der Waals surface area contributed by atoms with Gasteiger partial charge in [-0.3, -0.25) is 4.79 Å². The summed E-state index contributed by atoms with van der Waals surface area (Å²) in [6, 6.07) is 15.5. The lowest BCUT2D eigenvalue weighted by molar-refractivity contribution is -0.122. The summed E-state index contributed by atoms with van der Waals surface area (Å²) in [4.78, 5) is 16.4. The highest BCUT2D eigenvalue weighted by molar-refractivity contribution is 5.87. The third-order valence-electron chi connectivity index (χ3n) is 4.30. The standard InChI is InChI=1S/C20H22N4O/c1-13-9-14(11-23-19(13)22)12-24-20(25)18(21)10-16-7-4-6-15-5-2-3-8-17(15)16/h2-9,11,18H,10,12,21H2,1H3,(H2,22,23)(H,24,25)/t18-/m0/s1. The van der Waals surface area contributed by atoms with Crippen molar-refractivity contribution in [3.05, 3.63) is 71.4 Å². The van der Waals surface area contributed by atoms with E-state index < -0.39 is 6.04 Å². The maximum absolute atomic E-state index is 12.3. The Hall–Kier alpha value is -2.92. The minimum Gasteiger partial charge on any atom is -0.383 e. The van der Waals surface area contributed by atoms with Crippen molar-refractivity contribution in [1.82, 2.24) is 10.3 Å². The van der Waals surface area contributed by atoms with Gasteiger partial charge in [0.2, 0.25) is 5.91 Å². The van der Waals surface area contributed by atoms with Gasteiger partial charge < -0.3 is 16.8 Å². The molecule has 1 aromatic heterocycles. The van der Waals surface area contributed by atoms with Gasteiger partial charge in [0.25, 0.3) is 0 Å². The third kappa shape index (κ3) is 3.95. The molecule has 5 N–H and O–H groups in total. The van der Waals surface area contributed by atoms with Gasteiger partial charge in [-0.25, -0.2) is 4.98 Å². The fourth-order valence-electron chi connectivity index (χ4n) is 2.86. The summed E-state index contributed by atoms with van der Waals surface area (Å²) >= 11 is 0. The zero-order chi connectivity index (χ0) is 17.8. The lowest BCUT2D eigenvalue weighted by atomic mass is 9.99. The summed E-state index contributed by atoms with van der Waals surface area (Å²) in [6.07, 6.45) is 2.16. The van der Waals surface area contributed by atoms with Gasteiger partial charge in [0.1, 0.15) is 5.82 Å². The van der Waals surface area contributed by atoms with Crippen LogP contribution in [0.5, 0.6) is 0 Å². The van der Waals surface area contributed by atoms with Crippen LogP contribution in [0.2, 0.25) is 0 Å². The Morgan fingerprint density at radius 1 is 1.20 bits per heavy atom. The lowest BCUT2D eigenvalue weighted by Crippen LogP contribution is -2.41. The highest BCUT2D eigenvalue weighted by atomic mass is 16.2. The van der Waals surface area contributed by atoms with Crippen LogP contribution in [0.3, 0.4) is 0 Å². The lowest BCUT2D eigenvalue weighted by Gasteiger charge is -2.14. The first kappa shape index (κ1) is 16.9. The van der Waals surface area contributed by atoms with Crippen molar-refractivity contribution >= 4 is 22.5 Å². The number of hydrogen-bond acceptors (Lipinski definition) is 4. The number of nitrogen functional groups attached to an aromatic ring is 1. The van der Waals surface area contributed by atoms with Crippen LogP contribution in [0.15, 0.2) is 54.7 Å². The van der Waals surface area contributed by atoms with Crippen molar-refractivity contribution in [2.75, 3.05) is 5.73 Å². The average Bonchev–Trinajstić information content (AvgIpc) is 2.62. The molecule has 0 fully saturated rings. The predicted octanol–water partition coefficient (Wildman–Crippen LogP) is 2.31. The molecule has 0 saturated carbocycles. The predicted molar refractivity (Wildman–Crippen MR) is 101 cm³/mol. The molecule has 0 saturated heterocycles. The molecule has 128 valence electrons. The quantitative estimate of drug-likeness (QED) is 0.667. The van der Waals surface area contributed by atoms with Crippen LogP contribution in [0.25, 0.3) is 10.8 Å². The normalized spacial score (nSPS) is 12.1. The van der Waals surface area contributed by atoms with E-state index in [4.69, 9.17) is 11.5 Å². The molecule has 0 radical (unpaired) electrons. The van der Waals surface area contributed by atoms with Crippen LogP contribution >= 0.6 is 0 Å². The number of carbonyl (C=O) groups excluding carboxylic acids is 1. The van der Waals surface area contributed by atoms with Crippen LogP contribution < -0.4 is 16.8 Å². The average molecular weight is 334 g/mol. The van der Waals surface area contributed by atoms with Crippen LogP contribution in [0.4, 0.5) is 5.82 Å². The molecule has 5 nitrogen and oxygen atoms in total. The highest BCUT2D eigenvalue weighted by Crippen LogP contribution is 2.19. The van der Waals surface area contributed by atoms with Gasteiger partial charge in [-0.05, 0) is 46.9 Å². The zero-order valence-electron chi connectivity index (χ0n) is 14.2. The molecule has 25 heavy (non-hydrogen) atoms. The van der Waals surface area contributed by atoms with E-state index in [1.165, 1.54) is 0 Å². The van der Waals surface area contributed by atoms with Crippen molar-refractivity contribution in [3.8, 4) is 0 Å². The second kappa shape index (κ2) is 7.32. The number of anilines is 1. The van der Waals surface area contributed by atoms with E-state index in [2.05, 4.69) is 28.5 Å². The van der Waals surface area contributed by atoms with Crippen LogP contribution in [0, 0.1) is 6.92 Å². The van der Waals surface area contributed by atoms with Crippen molar-refractivity contribution in [1.29, 1.82) is 0 Å². The molecule has 1 amide bonds. The van der Waals surface area contributed by atoms with Crippen molar-refractivity contribution in [2.24, 2.45) is 5.73 Å². The molecule has 0 aliphatic heterocycles. The SMILES string of the molecule is Cc1cc(CNC(=O)[C@@H](N)Cc2cccc3ccccc23)cnc1N. The summed E-state index contributed by atoms with van der Waals surface area (Å²) in [6.45, 7) is 2.27. The molecule has 0 aliphatic rings. The van der Waals surface area contributed by atoms with E-state index in [0.29, 0.717) is 18.8 Å². The summed E-state index contributed by atoms with van der Waals surface area (Å²) in [5.41, 5.74) is 14.7. The van der Waals surface area contributed by atoms with E-state index >= 15 is 0 Å². The number of hydrogen-bond donors (Lipinski definition) is 3. The Kier molecular flexibility index (Phi) is 4.95. The summed E-state index contributed by atoms with van der Waals surface area (Å²) in [7, 11) is 0.